The quantitative estimate of drug-likeness (QED) is 0.725. The van der Waals surface area contributed by atoms with Crippen molar-refractivity contribution in [3.63, 3.8) is 0 Å². The standard InChI is InChI=1S/C9H17BrN2O2/c1-11(2)5-7-3-8(13)6-12(7)9(14)4-10/h7-8,13H,3-6H2,1-2H3. The molecule has 2 atom stereocenters. The lowest BCUT2D eigenvalue weighted by molar-refractivity contribution is -0.129. The fourth-order valence-electron chi connectivity index (χ4n) is 1.87. The van der Waals surface area contributed by atoms with Crippen molar-refractivity contribution in [1.82, 2.24) is 9.80 Å². The van der Waals surface area contributed by atoms with Gasteiger partial charge in [-0.15, -0.1) is 0 Å². The summed E-state index contributed by atoms with van der Waals surface area (Å²) in [6.45, 7) is 1.29. The first-order chi connectivity index (χ1) is 6.54. The Morgan fingerprint density at radius 3 is 2.79 bits per heavy atom. The molecular formula is C9H17BrN2O2. The summed E-state index contributed by atoms with van der Waals surface area (Å²) in [5, 5.41) is 9.84. The second-order valence-electron chi connectivity index (χ2n) is 3.99. The zero-order valence-electron chi connectivity index (χ0n) is 8.61. The highest BCUT2D eigenvalue weighted by Crippen LogP contribution is 2.18. The Kier molecular flexibility index (Phi) is 4.34. The van der Waals surface area contributed by atoms with Gasteiger partial charge in [-0.05, 0) is 20.5 Å². The molecule has 1 saturated heterocycles. The van der Waals surface area contributed by atoms with E-state index in [1.54, 1.807) is 4.90 Å². The second-order valence-corrected chi connectivity index (χ2v) is 4.55. The maximum atomic E-state index is 11.5. The lowest BCUT2D eigenvalue weighted by atomic mass is 10.2. The number of β-amino-alcohol motifs (C(OH)–C–C–N with tert-alkyl or cyclic N) is 1. The zero-order chi connectivity index (χ0) is 10.7. The van der Waals surface area contributed by atoms with E-state index in [0.29, 0.717) is 18.3 Å². The molecular weight excluding hydrogens is 248 g/mol. The van der Waals surface area contributed by atoms with Crippen LogP contribution in [0.15, 0.2) is 0 Å². The van der Waals surface area contributed by atoms with Crippen LogP contribution in [0.5, 0.6) is 0 Å². The maximum Gasteiger partial charge on any atom is 0.233 e. The van der Waals surface area contributed by atoms with Crippen LogP contribution in [0, 0.1) is 0 Å². The highest BCUT2D eigenvalue weighted by Gasteiger charge is 2.33. The average Bonchev–Trinajstić information content (AvgIpc) is 2.44. The predicted molar refractivity (Wildman–Crippen MR) is 58.5 cm³/mol. The number of nitrogens with zero attached hydrogens (tertiary/aromatic N) is 2. The molecule has 4 nitrogen and oxygen atoms in total. The minimum atomic E-state index is -0.358. The predicted octanol–water partition coefficient (Wildman–Crippen LogP) is -0.0953. The molecule has 14 heavy (non-hydrogen) atoms. The number of aliphatic hydroxyl groups is 1. The molecule has 0 radical (unpaired) electrons. The van der Waals surface area contributed by atoms with Crippen molar-refractivity contribution in [2.75, 3.05) is 32.5 Å². The molecule has 1 N–H and O–H groups in total. The Hall–Kier alpha value is -0.130. The van der Waals surface area contributed by atoms with Crippen LogP contribution in [0.2, 0.25) is 0 Å². The largest absolute Gasteiger partial charge is 0.391 e. The van der Waals surface area contributed by atoms with Crippen LogP contribution < -0.4 is 0 Å². The van der Waals surface area contributed by atoms with Gasteiger partial charge in [-0.3, -0.25) is 4.79 Å². The lowest BCUT2D eigenvalue weighted by Crippen LogP contribution is -2.41. The molecule has 0 spiro atoms. The van der Waals surface area contributed by atoms with Crippen LogP contribution in [-0.4, -0.2) is 65.5 Å². The Bertz CT molecular complexity index is 211. The number of aliphatic hydroxyl groups excluding tert-OH is 1. The van der Waals surface area contributed by atoms with Gasteiger partial charge < -0.3 is 14.9 Å². The van der Waals surface area contributed by atoms with Crippen molar-refractivity contribution in [1.29, 1.82) is 0 Å². The summed E-state index contributed by atoms with van der Waals surface area (Å²) in [6, 6.07) is 0.157. The molecule has 0 aromatic rings. The van der Waals surface area contributed by atoms with E-state index in [-0.39, 0.29) is 18.1 Å². The van der Waals surface area contributed by atoms with Gasteiger partial charge in [0, 0.05) is 19.1 Å². The average molecular weight is 265 g/mol. The fraction of sp³-hybridized carbons (Fsp3) is 0.889. The molecule has 1 fully saturated rings. The molecule has 0 aromatic carbocycles. The number of alkyl halides is 1. The van der Waals surface area contributed by atoms with Crippen molar-refractivity contribution in [2.45, 2.75) is 18.6 Å². The topological polar surface area (TPSA) is 43.8 Å². The Morgan fingerprint density at radius 2 is 2.29 bits per heavy atom. The minimum absolute atomic E-state index is 0.0633. The minimum Gasteiger partial charge on any atom is -0.391 e. The van der Waals surface area contributed by atoms with Gasteiger partial charge >= 0.3 is 0 Å². The van der Waals surface area contributed by atoms with Crippen LogP contribution in [0.25, 0.3) is 0 Å². The molecule has 5 heteroatoms. The van der Waals surface area contributed by atoms with Crippen LogP contribution >= 0.6 is 15.9 Å². The number of carbonyl (C=O) groups excluding carboxylic acids is 1. The summed E-state index contributed by atoms with van der Waals surface area (Å²) < 4.78 is 0. The van der Waals surface area contributed by atoms with Gasteiger partial charge in [0.15, 0.2) is 0 Å². The Morgan fingerprint density at radius 1 is 1.64 bits per heavy atom. The molecule has 0 aliphatic carbocycles. The second kappa shape index (κ2) is 5.09. The molecule has 1 aliphatic heterocycles. The van der Waals surface area contributed by atoms with Crippen LogP contribution in [0.3, 0.4) is 0 Å². The van der Waals surface area contributed by atoms with Gasteiger partial charge in [-0.1, -0.05) is 15.9 Å². The van der Waals surface area contributed by atoms with E-state index < -0.39 is 0 Å². The van der Waals surface area contributed by atoms with Gasteiger partial charge in [0.1, 0.15) is 0 Å². The molecule has 1 amide bonds. The third kappa shape index (κ3) is 2.93. The normalized spacial score (nSPS) is 27.4. The summed E-state index contributed by atoms with van der Waals surface area (Å²) in [7, 11) is 3.95. The van der Waals surface area contributed by atoms with E-state index in [0.717, 1.165) is 6.54 Å². The summed E-state index contributed by atoms with van der Waals surface area (Å²) in [5.41, 5.74) is 0. The number of likely N-dealkylation sites (N-methyl/N-ethyl adjacent to an activating group) is 1. The van der Waals surface area contributed by atoms with Crippen LogP contribution in [0.4, 0.5) is 0 Å². The molecule has 1 aliphatic rings. The number of likely N-dealkylation sites (tertiary alicyclic amines) is 1. The van der Waals surface area contributed by atoms with E-state index in [9.17, 15) is 9.90 Å². The molecule has 1 rings (SSSR count). The first kappa shape index (κ1) is 11.9. The smallest absolute Gasteiger partial charge is 0.233 e. The Balaban J connectivity index is 2.58. The van der Waals surface area contributed by atoms with Crippen molar-refractivity contribution >= 4 is 21.8 Å². The van der Waals surface area contributed by atoms with Crippen molar-refractivity contribution in [3.8, 4) is 0 Å². The summed E-state index contributed by atoms with van der Waals surface area (Å²) in [5.74, 6) is 0.0633. The van der Waals surface area contributed by atoms with E-state index in [4.69, 9.17) is 0 Å². The molecule has 2 unspecified atom stereocenters. The zero-order valence-corrected chi connectivity index (χ0v) is 10.2. The van der Waals surface area contributed by atoms with Crippen molar-refractivity contribution in [2.24, 2.45) is 0 Å². The lowest BCUT2D eigenvalue weighted by Gasteiger charge is -2.26. The van der Waals surface area contributed by atoms with Gasteiger partial charge in [0.05, 0.1) is 11.4 Å². The monoisotopic (exact) mass is 264 g/mol. The van der Waals surface area contributed by atoms with Gasteiger partial charge in [0.25, 0.3) is 0 Å². The van der Waals surface area contributed by atoms with E-state index in [2.05, 4.69) is 15.9 Å². The molecule has 0 aromatic heterocycles. The first-order valence-corrected chi connectivity index (χ1v) is 5.85. The molecule has 1 heterocycles. The first-order valence-electron chi connectivity index (χ1n) is 4.72. The highest BCUT2D eigenvalue weighted by atomic mass is 79.9. The van der Waals surface area contributed by atoms with Gasteiger partial charge in [0.2, 0.25) is 5.91 Å². The van der Waals surface area contributed by atoms with E-state index in [1.807, 2.05) is 19.0 Å². The summed E-state index contributed by atoms with van der Waals surface area (Å²) in [6.07, 6.45) is 0.333. The van der Waals surface area contributed by atoms with Crippen LogP contribution in [0.1, 0.15) is 6.42 Å². The Labute approximate surface area is 93.0 Å². The summed E-state index contributed by atoms with van der Waals surface area (Å²) >= 11 is 3.15. The fourth-order valence-corrected chi connectivity index (χ4v) is 2.19. The van der Waals surface area contributed by atoms with Gasteiger partial charge in [-0.25, -0.2) is 0 Å². The SMILES string of the molecule is CN(C)CC1CC(O)CN1C(=O)CBr. The summed E-state index contributed by atoms with van der Waals surface area (Å²) in [4.78, 5) is 15.3. The highest BCUT2D eigenvalue weighted by molar-refractivity contribution is 9.09. The number of hydrogen-bond donors (Lipinski definition) is 1. The van der Waals surface area contributed by atoms with Crippen molar-refractivity contribution in [3.05, 3.63) is 0 Å². The number of amides is 1. The third-order valence-corrected chi connectivity index (χ3v) is 2.88. The third-order valence-electron chi connectivity index (χ3n) is 2.40. The number of rotatable bonds is 3. The molecule has 0 bridgehead atoms. The number of hydrogen-bond acceptors (Lipinski definition) is 3. The molecule has 0 saturated carbocycles. The number of carbonyl (C=O) groups is 1. The van der Waals surface area contributed by atoms with Crippen molar-refractivity contribution < 1.29 is 9.90 Å². The molecule has 82 valence electrons. The van der Waals surface area contributed by atoms with Crippen LogP contribution in [-0.2, 0) is 4.79 Å². The van der Waals surface area contributed by atoms with Gasteiger partial charge in [-0.2, -0.15) is 0 Å². The maximum absolute atomic E-state index is 11.5. The van der Waals surface area contributed by atoms with E-state index >= 15 is 0 Å². The number of halogens is 1. The van der Waals surface area contributed by atoms with E-state index in [1.165, 1.54) is 0 Å².